The van der Waals surface area contributed by atoms with Crippen LogP contribution < -0.4 is 16.2 Å². The maximum absolute atomic E-state index is 12.0. The zero-order valence-corrected chi connectivity index (χ0v) is 12.2. The van der Waals surface area contributed by atoms with Crippen LogP contribution in [-0.2, 0) is 11.3 Å². The lowest BCUT2D eigenvalue weighted by Crippen LogP contribution is -2.29. The molecule has 0 fully saturated rings. The number of halogens is 1. The van der Waals surface area contributed by atoms with Crippen molar-refractivity contribution >= 4 is 27.5 Å². The number of aromatic nitrogens is 2. The summed E-state index contributed by atoms with van der Waals surface area (Å²) in [5.41, 5.74) is 0.314. The van der Waals surface area contributed by atoms with Crippen LogP contribution in [-0.4, -0.2) is 29.3 Å². The van der Waals surface area contributed by atoms with Crippen LogP contribution in [0, 0.1) is 5.92 Å². The SMILES string of the molecule is CNC(=O)CNc1cnn(CC(C)C)c(=O)c1Br. The van der Waals surface area contributed by atoms with Gasteiger partial charge in [0.1, 0.15) is 4.47 Å². The quantitative estimate of drug-likeness (QED) is 0.843. The zero-order valence-electron chi connectivity index (χ0n) is 10.7. The Labute approximate surface area is 114 Å². The van der Waals surface area contributed by atoms with E-state index in [0.29, 0.717) is 22.6 Å². The van der Waals surface area contributed by atoms with Gasteiger partial charge >= 0.3 is 0 Å². The first-order valence-corrected chi connectivity index (χ1v) is 6.45. The third-order valence-electron chi connectivity index (χ3n) is 2.24. The molecule has 1 amide bonds. The molecule has 100 valence electrons. The van der Waals surface area contributed by atoms with Crippen molar-refractivity contribution in [1.82, 2.24) is 15.1 Å². The Morgan fingerprint density at radius 2 is 2.22 bits per heavy atom. The molecule has 2 N–H and O–H groups in total. The van der Waals surface area contributed by atoms with E-state index < -0.39 is 0 Å². The highest BCUT2D eigenvalue weighted by molar-refractivity contribution is 9.10. The van der Waals surface area contributed by atoms with Gasteiger partial charge in [0, 0.05) is 13.6 Å². The molecule has 1 rings (SSSR count). The number of hydrogen-bond acceptors (Lipinski definition) is 4. The lowest BCUT2D eigenvalue weighted by Gasteiger charge is -2.11. The van der Waals surface area contributed by atoms with E-state index in [-0.39, 0.29) is 18.0 Å². The fourth-order valence-corrected chi connectivity index (χ4v) is 1.78. The van der Waals surface area contributed by atoms with E-state index in [2.05, 4.69) is 31.7 Å². The van der Waals surface area contributed by atoms with Crippen molar-refractivity contribution in [2.45, 2.75) is 20.4 Å². The summed E-state index contributed by atoms with van der Waals surface area (Å²) >= 11 is 3.23. The molecule has 0 radical (unpaired) electrons. The largest absolute Gasteiger partial charge is 0.374 e. The molecule has 1 aromatic rings. The molecule has 0 saturated carbocycles. The van der Waals surface area contributed by atoms with Gasteiger partial charge in [0.15, 0.2) is 0 Å². The minimum absolute atomic E-state index is 0.102. The second kappa shape index (κ2) is 6.53. The first-order valence-electron chi connectivity index (χ1n) is 5.65. The van der Waals surface area contributed by atoms with E-state index in [9.17, 15) is 9.59 Å². The highest BCUT2D eigenvalue weighted by Crippen LogP contribution is 2.15. The fraction of sp³-hybridized carbons (Fsp3) is 0.545. The number of nitrogens with zero attached hydrogens (tertiary/aromatic N) is 2. The number of carbonyl (C=O) groups excluding carboxylic acids is 1. The summed E-state index contributed by atoms with van der Waals surface area (Å²) in [6, 6.07) is 0. The highest BCUT2D eigenvalue weighted by Gasteiger charge is 2.10. The Morgan fingerprint density at radius 3 is 2.78 bits per heavy atom. The van der Waals surface area contributed by atoms with Crippen LogP contribution in [0.25, 0.3) is 0 Å². The molecule has 0 aliphatic carbocycles. The average molecular weight is 317 g/mol. The highest BCUT2D eigenvalue weighted by atomic mass is 79.9. The van der Waals surface area contributed by atoms with E-state index in [1.807, 2.05) is 13.8 Å². The normalized spacial score (nSPS) is 10.5. The number of amides is 1. The maximum Gasteiger partial charge on any atom is 0.283 e. The van der Waals surface area contributed by atoms with Crippen molar-refractivity contribution in [2.75, 3.05) is 18.9 Å². The molecule has 7 heteroatoms. The number of anilines is 1. The van der Waals surface area contributed by atoms with E-state index >= 15 is 0 Å². The molecule has 1 aromatic heterocycles. The van der Waals surface area contributed by atoms with Crippen LogP contribution in [0.15, 0.2) is 15.5 Å². The number of nitrogens with one attached hydrogen (secondary N) is 2. The summed E-state index contributed by atoms with van der Waals surface area (Å²) in [5.74, 6) is 0.181. The monoisotopic (exact) mass is 316 g/mol. The summed E-state index contributed by atoms with van der Waals surface area (Å²) in [4.78, 5) is 23.1. The number of carbonyl (C=O) groups is 1. The Bertz CT molecular complexity index is 484. The van der Waals surface area contributed by atoms with E-state index in [0.717, 1.165) is 0 Å². The van der Waals surface area contributed by atoms with Crippen LogP contribution in [0.3, 0.4) is 0 Å². The molecule has 0 unspecified atom stereocenters. The second-order valence-corrected chi connectivity index (χ2v) is 5.07. The van der Waals surface area contributed by atoms with Gasteiger partial charge in [-0.1, -0.05) is 13.8 Å². The minimum atomic E-state index is -0.203. The predicted molar refractivity (Wildman–Crippen MR) is 73.6 cm³/mol. The zero-order chi connectivity index (χ0) is 13.7. The van der Waals surface area contributed by atoms with Gasteiger partial charge in [-0.3, -0.25) is 9.59 Å². The Kier molecular flexibility index (Phi) is 5.33. The molecule has 0 spiro atoms. The van der Waals surface area contributed by atoms with Gasteiger partial charge in [-0.15, -0.1) is 0 Å². The van der Waals surface area contributed by atoms with E-state index in [1.165, 1.54) is 10.9 Å². The molecule has 1 heterocycles. The summed E-state index contributed by atoms with van der Waals surface area (Å²) < 4.78 is 1.79. The second-order valence-electron chi connectivity index (χ2n) is 4.28. The molecular formula is C11H17BrN4O2. The lowest BCUT2D eigenvalue weighted by molar-refractivity contribution is -0.118. The van der Waals surface area contributed by atoms with Crippen molar-refractivity contribution in [2.24, 2.45) is 5.92 Å². The van der Waals surface area contributed by atoms with Gasteiger partial charge in [-0.25, -0.2) is 4.68 Å². The molecule has 0 bridgehead atoms. The Morgan fingerprint density at radius 1 is 1.56 bits per heavy atom. The first kappa shape index (κ1) is 14.7. The third kappa shape index (κ3) is 3.83. The van der Waals surface area contributed by atoms with Gasteiger partial charge in [-0.05, 0) is 21.8 Å². The number of hydrogen-bond donors (Lipinski definition) is 2. The van der Waals surface area contributed by atoms with Crippen LogP contribution in [0.1, 0.15) is 13.8 Å². The van der Waals surface area contributed by atoms with Gasteiger partial charge < -0.3 is 10.6 Å². The summed E-state index contributed by atoms with van der Waals surface area (Å²) in [7, 11) is 1.55. The fourth-order valence-electron chi connectivity index (χ4n) is 1.33. The van der Waals surface area contributed by atoms with Crippen molar-refractivity contribution in [3.8, 4) is 0 Å². The summed E-state index contributed by atoms with van der Waals surface area (Å²) in [6.07, 6.45) is 1.54. The van der Waals surface area contributed by atoms with E-state index in [4.69, 9.17) is 0 Å². The summed E-state index contributed by atoms with van der Waals surface area (Å²) in [6.45, 7) is 4.69. The topological polar surface area (TPSA) is 76.0 Å². The van der Waals surface area contributed by atoms with Gasteiger partial charge in [0.25, 0.3) is 5.56 Å². The lowest BCUT2D eigenvalue weighted by atomic mass is 10.2. The van der Waals surface area contributed by atoms with Crippen LogP contribution in [0.2, 0.25) is 0 Å². The molecule has 0 aromatic carbocycles. The Balaban J connectivity index is 2.87. The van der Waals surface area contributed by atoms with Crippen molar-refractivity contribution in [3.63, 3.8) is 0 Å². The molecule has 0 saturated heterocycles. The molecule has 6 nitrogen and oxygen atoms in total. The predicted octanol–water partition coefficient (Wildman–Crippen LogP) is 0.820. The number of rotatable bonds is 5. The van der Waals surface area contributed by atoms with Crippen molar-refractivity contribution in [1.29, 1.82) is 0 Å². The van der Waals surface area contributed by atoms with Crippen LogP contribution in [0.4, 0.5) is 5.69 Å². The average Bonchev–Trinajstić information content (AvgIpc) is 2.33. The first-order chi connectivity index (χ1) is 8.45. The Hall–Kier alpha value is -1.37. The third-order valence-corrected chi connectivity index (χ3v) is 3.01. The molecule has 18 heavy (non-hydrogen) atoms. The number of likely N-dealkylation sites (N-methyl/N-ethyl adjacent to an activating group) is 1. The smallest absolute Gasteiger partial charge is 0.283 e. The molecule has 0 aliphatic rings. The summed E-state index contributed by atoms with van der Waals surface area (Å²) in [5, 5.41) is 9.40. The van der Waals surface area contributed by atoms with Crippen molar-refractivity contribution < 1.29 is 4.79 Å². The van der Waals surface area contributed by atoms with Gasteiger partial charge in [0.2, 0.25) is 5.91 Å². The molecular weight excluding hydrogens is 300 g/mol. The molecule has 0 aliphatic heterocycles. The van der Waals surface area contributed by atoms with Crippen LogP contribution in [0.5, 0.6) is 0 Å². The van der Waals surface area contributed by atoms with Crippen LogP contribution >= 0.6 is 15.9 Å². The minimum Gasteiger partial charge on any atom is -0.374 e. The van der Waals surface area contributed by atoms with Gasteiger partial charge in [-0.2, -0.15) is 5.10 Å². The van der Waals surface area contributed by atoms with E-state index in [1.54, 1.807) is 7.05 Å². The molecule has 0 atom stereocenters. The maximum atomic E-state index is 12.0. The standard InChI is InChI=1S/C11H17BrN4O2/c1-7(2)6-16-11(18)10(12)8(4-15-16)14-5-9(17)13-3/h4,7,14H,5-6H2,1-3H3,(H,13,17). The van der Waals surface area contributed by atoms with Gasteiger partial charge in [0.05, 0.1) is 18.4 Å². The van der Waals surface area contributed by atoms with Crippen molar-refractivity contribution in [3.05, 3.63) is 21.0 Å².